The van der Waals surface area contributed by atoms with E-state index in [0.29, 0.717) is 5.57 Å². The smallest absolute Gasteiger partial charge is 0.328 e. The van der Waals surface area contributed by atoms with E-state index < -0.39 is 5.97 Å². The van der Waals surface area contributed by atoms with Gasteiger partial charge in [-0.2, -0.15) is 0 Å². The summed E-state index contributed by atoms with van der Waals surface area (Å²) in [6.45, 7) is 6.66. The number of carbonyl (C=O) groups is 1. The van der Waals surface area contributed by atoms with Crippen molar-refractivity contribution in [3.63, 3.8) is 0 Å². The minimum absolute atomic E-state index is 0.704. The third-order valence-corrected chi connectivity index (χ3v) is 3.84. The first-order valence-electron chi connectivity index (χ1n) is 7.67. The molecule has 0 amide bonds. The van der Waals surface area contributed by atoms with Crippen LogP contribution in [0.2, 0.25) is 0 Å². The Morgan fingerprint density at radius 1 is 1.30 bits per heavy atom. The van der Waals surface area contributed by atoms with Gasteiger partial charge in [0.1, 0.15) is 5.75 Å². The van der Waals surface area contributed by atoms with Gasteiger partial charge >= 0.3 is 5.97 Å². The first-order valence-corrected chi connectivity index (χ1v) is 8.55. The lowest BCUT2D eigenvalue weighted by molar-refractivity contribution is -0.131. The maximum Gasteiger partial charge on any atom is 0.328 e. The van der Waals surface area contributed by atoms with Gasteiger partial charge in [-0.1, -0.05) is 43.2 Å². The fourth-order valence-corrected chi connectivity index (χ4v) is 2.46. The van der Waals surface area contributed by atoms with Crippen LogP contribution in [0.25, 0.3) is 6.08 Å². The van der Waals surface area contributed by atoms with E-state index in [0.717, 1.165) is 35.6 Å². The molecule has 0 aliphatic rings. The molecule has 0 saturated carbocycles. The minimum Gasteiger partial charge on any atom is -0.492 e. The molecule has 0 aliphatic carbocycles. The average molecular weight is 332 g/mol. The normalized spacial score (nSPS) is 13.2. The first-order chi connectivity index (χ1) is 11.0. The Morgan fingerprint density at radius 2 is 2.09 bits per heavy atom. The van der Waals surface area contributed by atoms with E-state index in [2.05, 4.69) is 6.92 Å². The molecule has 0 radical (unpaired) electrons. The van der Waals surface area contributed by atoms with Crippen LogP contribution in [0.1, 0.15) is 38.5 Å². The Bertz CT molecular complexity index is 618. The third-order valence-electron chi connectivity index (χ3n) is 2.98. The number of thiophene rings is 1. The van der Waals surface area contributed by atoms with E-state index in [1.165, 1.54) is 6.08 Å². The van der Waals surface area contributed by atoms with Crippen LogP contribution in [0, 0.1) is 0 Å². The first kappa shape index (κ1) is 19.0. The Morgan fingerprint density at radius 3 is 2.78 bits per heavy atom. The van der Waals surface area contributed by atoms with Gasteiger partial charge in [0.05, 0.1) is 11.5 Å². The summed E-state index contributed by atoms with van der Waals surface area (Å²) in [6.07, 6.45) is 13.0. The number of allylic oxidation sites excluding steroid dienone is 6. The molecule has 0 aliphatic heterocycles. The zero-order chi connectivity index (χ0) is 17.1. The summed E-state index contributed by atoms with van der Waals surface area (Å²) in [5.41, 5.74) is 1.78. The number of carboxylic acids is 1. The molecule has 1 N–H and O–H groups in total. The van der Waals surface area contributed by atoms with E-state index in [1.807, 2.05) is 42.7 Å². The van der Waals surface area contributed by atoms with Gasteiger partial charge in [-0.25, -0.2) is 4.79 Å². The highest BCUT2D eigenvalue weighted by Crippen LogP contribution is 2.26. The van der Waals surface area contributed by atoms with Gasteiger partial charge in [0.2, 0.25) is 0 Å². The molecule has 23 heavy (non-hydrogen) atoms. The van der Waals surface area contributed by atoms with Crippen molar-refractivity contribution in [2.45, 2.75) is 33.6 Å². The van der Waals surface area contributed by atoms with E-state index in [-0.39, 0.29) is 0 Å². The summed E-state index contributed by atoms with van der Waals surface area (Å²) in [5, 5.41) is 10.7. The van der Waals surface area contributed by atoms with Crippen molar-refractivity contribution in [2.75, 3.05) is 6.61 Å². The number of unbranched alkanes of at least 4 members (excludes halogenated alkanes) is 1. The van der Waals surface area contributed by atoms with E-state index in [4.69, 9.17) is 9.84 Å². The lowest BCUT2D eigenvalue weighted by atomic mass is 10.2. The van der Waals surface area contributed by atoms with Crippen LogP contribution in [0.3, 0.4) is 0 Å². The number of hydrogen-bond acceptors (Lipinski definition) is 3. The Balaban J connectivity index is 2.63. The predicted molar refractivity (Wildman–Crippen MR) is 98.0 cm³/mol. The van der Waals surface area contributed by atoms with Crippen LogP contribution in [0.4, 0.5) is 0 Å². The molecule has 0 spiro atoms. The number of aliphatic carboxylic acids is 1. The van der Waals surface area contributed by atoms with Crippen LogP contribution in [0.15, 0.2) is 53.0 Å². The van der Waals surface area contributed by atoms with Crippen LogP contribution in [-0.2, 0) is 4.79 Å². The molecule has 3 nitrogen and oxygen atoms in total. The lowest BCUT2D eigenvalue weighted by Crippen LogP contribution is -1.95. The lowest BCUT2D eigenvalue weighted by Gasteiger charge is -2.03. The summed E-state index contributed by atoms with van der Waals surface area (Å²) in [6, 6.07) is 2.00. The summed E-state index contributed by atoms with van der Waals surface area (Å²) in [7, 11) is 0. The zero-order valence-electron chi connectivity index (χ0n) is 13.9. The molecule has 0 unspecified atom stereocenters. The maximum atomic E-state index is 10.5. The topological polar surface area (TPSA) is 46.5 Å². The van der Waals surface area contributed by atoms with Crippen molar-refractivity contribution in [1.82, 2.24) is 0 Å². The Hall–Kier alpha value is -2.07. The monoisotopic (exact) mass is 332 g/mol. The molecule has 0 aromatic carbocycles. The second-order valence-corrected chi connectivity index (χ2v) is 6.13. The quantitative estimate of drug-likeness (QED) is 0.370. The molecular weight excluding hydrogens is 308 g/mol. The second-order valence-electron chi connectivity index (χ2n) is 5.18. The molecule has 1 rings (SSSR count). The molecule has 124 valence electrons. The number of carboxylic acid groups (broad SMARTS) is 1. The highest BCUT2D eigenvalue weighted by molar-refractivity contribution is 7.11. The number of ether oxygens (including phenoxy) is 1. The van der Waals surface area contributed by atoms with Gasteiger partial charge in [0, 0.05) is 6.08 Å². The van der Waals surface area contributed by atoms with Gasteiger partial charge in [-0.15, -0.1) is 11.3 Å². The molecule has 4 heteroatoms. The fourth-order valence-electron chi connectivity index (χ4n) is 1.73. The molecule has 0 fully saturated rings. The van der Waals surface area contributed by atoms with Crippen molar-refractivity contribution in [3.05, 3.63) is 57.8 Å². The third kappa shape index (κ3) is 8.21. The summed E-state index contributed by atoms with van der Waals surface area (Å²) < 4.78 is 5.76. The van der Waals surface area contributed by atoms with Gasteiger partial charge in [0.25, 0.3) is 0 Å². The predicted octanol–water partition coefficient (Wildman–Crippen LogP) is 5.47. The van der Waals surface area contributed by atoms with Crippen LogP contribution in [0.5, 0.6) is 5.75 Å². The van der Waals surface area contributed by atoms with Crippen molar-refractivity contribution in [2.24, 2.45) is 0 Å². The summed E-state index contributed by atoms with van der Waals surface area (Å²) in [4.78, 5) is 11.6. The standard InChI is InChI=1S/C19H24O3S/c1-4-5-12-22-17-11-13-23-18(17)10-9-15(2)7-6-8-16(3)14-19(20)21/h6-11,13-14H,4-5,12H2,1-3H3,(H,20,21). The van der Waals surface area contributed by atoms with Crippen LogP contribution in [-0.4, -0.2) is 17.7 Å². The van der Waals surface area contributed by atoms with Gasteiger partial charge in [0.15, 0.2) is 0 Å². The Labute approximate surface area is 142 Å². The van der Waals surface area contributed by atoms with Gasteiger partial charge in [-0.3, -0.25) is 0 Å². The van der Waals surface area contributed by atoms with Crippen molar-refractivity contribution in [3.8, 4) is 5.75 Å². The highest BCUT2D eigenvalue weighted by Gasteiger charge is 2.01. The molecule has 0 atom stereocenters. The Kier molecular flexibility index (Phi) is 8.76. The largest absolute Gasteiger partial charge is 0.492 e. The molecule has 1 aromatic rings. The number of hydrogen-bond donors (Lipinski definition) is 1. The average Bonchev–Trinajstić information content (AvgIpc) is 2.92. The molecular formula is C19H24O3S. The molecule has 0 saturated heterocycles. The second kappa shape index (κ2) is 10.6. The van der Waals surface area contributed by atoms with Crippen molar-refractivity contribution >= 4 is 23.4 Å². The van der Waals surface area contributed by atoms with E-state index >= 15 is 0 Å². The van der Waals surface area contributed by atoms with Crippen molar-refractivity contribution in [1.29, 1.82) is 0 Å². The fraction of sp³-hybridized carbons (Fsp3) is 0.316. The van der Waals surface area contributed by atoms with Crippen molar-refractivity contribution < 1.29 is 14.6 Å². The SMILES string of the molecule is CCCCOc1ccsc1C=CC(C)=CC=CC(C)=CC(=O)O. The summed E-state index contributed by atoms with van der Waals surface area (Å²) >= 11 is 1.65. The number of rotatable bonds is 9. The highest BCUT2D eigenvalue weighted by atomic mass is 32.1. The maximum absolute atomic E-state index is 10.5. The van der Waals surface area contributed by atoms with E-state index in [1.54, 1.807) is 24.3 Å². The molecule has 1 heterocycles. The zero-order valence-corrected chi connectivity index (χ0v) is 14.7. The van der Waals surface area contributed by atoms with E-state index in [9.17, 15) is 4.79 Å². The van der Waals surface area contributed by atoms with Crippen LogP contribution >= 0.6 is 11.3 Å². The van der Waals surface area contributed by atoms with Crippen LogP contribution < -0.4 is 4.74 Å². The molecule has 1 aromatic heterocycles. The summed E-state index contributed by atoms with van der Waals surface area (Å²) in [5.74, 6) is 0.00400. The molecule has 0 bridgehead atoms. The minimum atomic E-state index is -0.930. The van der Waals surface area contributed by atoms with Gasteiger partial charge in [-0.05, 0) is 43.4 Å². The van der Waals surface area contributed by atoms with Gasteiger partial charge < -0.3 is 9.84 Å².